The van der Waals surface area contributed by atoms with Gasteiger partial charge in [-0.3, -0.25) is 0 Å². The van der Waals surface area contributed by atoms with Crippen molar-refractivity contribution in [1.29, 1.82) is 5.26 Å². The molecule has 0 amide bonds. The van der Waals surface area contributed by atoms with E-state index in [-0.39, 0.29) is 6.61 Å². The average Bonchev–Trinajstić information content (AvgIpc) is 2.47. The Morgan fingerprint density at radius 3 is 2.70 bits per heavy atom. The molecule has 2 rings (SSSR count). The molecule has 0 aliphatic heterocycles. The third-order valence-corrected chi connectivity index (χ3v) is 3.09. The summed E-state index contributed by atoms with van der Waals surface area (Å²) in [5.41, 5.74) is 7.09. The summed E-state index contributed by atoms with van der Waals surface area (Å²) in [6.07, 6.45) is 0. The summed E-state index contributed by atoms with van der Waals surface area (Å²) >= 11 is 6.05. The monoisotopic (exact) mass is 290 g/mol. The Morgan fingerprint density at radius 1 is 1.25 bits per heavy atom. The van der Waals surface area contributed by atoms with Crippen LogP contribution in [-0.4, -0.2) is 0 Å². The van der Waals surface area contributed by atoms with Crippen LogP contribution in [0.15, 0.2) is 36.4 Å². The van der Waals surface area contributed by atoms with Crippen LogP contribution >= 0.6 is 11.6 Å². The van der Waals surface area contributed by atoms with E-state index in [2.05, 4.69) is 0 Å². The lowest BCUT2D eigenvalue weighted by Crippen LogP contribution is -2.01. The van der Waals surface area contributed by atoms with Crippen LogP contribution in [0.25, 0.3) is 0 Å². The van der Waals surface area contributed by atoms with Crippen molar-refractivity contribution in [3.8, 4) is 11.8 Å². The number of halogens is 2. The smallest absolute Gasteiger partial charge is 0.138 e. The van der Waals surface area contributed by atoms with Gasteiger partial charge in [0.2, 0.25) is 0 Å². The molecule has 2 N–H and O–H groups in total. The molecular formula is C15H12ClFN2O. The van der Waals surface area contributed by atoms with E-state index >= 15 is 0 Å². The molecule has 3 nitrogen and oxygen atoms in total. The maximum Gasteiger partial charge on any atom is 0.138 e. The average molecular weight is 291 g/mol. The third-order valence-electron chi connectivity index (χ3n) is 2.79. The molecule has 0 saturated carbocycles. The number of nitriles is 1. The standard InChI is InChI=1S/C15H12ClFN2O/c16-13-6-11(8-19)2-4-15(13)20-9-12-5-10(7-18)1-3-14(12)17/h1-6H,8-9,19H2. The number of benzene rings is 2. The maximum atomic E-state index is 13.6. The van der Waals surface area contributed by atoms with E-state index < -0.39 is 5.82 Å². The molecule has 2 aromatic rings. The van der Waals surface area contributed by atoms with Gasteiger partial charge in [0.15, 0.2) is 0 Å². The fourth-order valence-corrected chi connectivity index (χ4v) is 1.96. The van der Waals surface area contributed by atoms with E-state index in [0.29, 0.717) is 28.4 Å². The molecule has 0 saturated heterocycles. The predicted octanol–water partition coefficient (Wildman–Crippen LogP) is 3.39. The summed E-state index contributed by atoms with van der Waals surface area (Å²) in [7, 11) is 0. The minimum atomic E-state index is -0.418. The minimum absolute atomic E-state index is 0.00302. The number of ether oxygens (including phenoxy) is 1. The van der Waals surface area contributed by atoms with Gasteiger partial charge in [0.1, 0.15) is 18.2 Å². The minimum Gasteiger partial charge on any atom is -0.487 e. The number of rotatable bonds is 4. The van der Waals surface area contributed by atoms with Crippen LogP contribution in [0.3, 0.4) is 0 Å². The first kappa shape index (κ1) is 14.3. The van der Waals surface area contributed by atoms with Crippen LogP contribution in [0, 0.1) is 17.1 Å². The molecule has 0 spiro atoms. The fraction of sp³-hybridized carbons (Fsp3) is 0.133. The van der Waals surface area contributed by atoms with Crippen molar-refractivity contribution in [3.05, 3.63) is 63.9 Å². The van der Waals surface area contributed by atoms with Crippen LogP contribution in [-0.2, 0) is 13.2 Å². The molecule has 0 unspecified atom stereocenters. The van der Waals surface area contributed by atoms with E-state index in [9.17, 15) is 4.39 Å². The van der Waals surface area contributed by atoms with Crippen LogP contribution in [0.4, 0.5) is 4.39 Å². The van der Waals surface area contributed by atoms with Crippen molar-refractivity contribution >= 4 is 11.6 Å². The summed E-state index contributed by atoms with van der Waals surface area (Å²) < 4.78 is 19.1. The first-order valence-corrected chi connectivity index (χ1v) is 6.31. The van der Waals surface area contributed by atoms with Crippen molar-refractivity contribution in [2.75, 3.05) is 0 Å². The third kappa shape index (κ3) is 3.27. The zero-order chi connectivity index (χ0) is 14.5. The highest BCUT2D eigenvalue weighted by Crippen LogP contribution is 2.26. The van der Waals surface area contributed by atoms with Crippen LogP contribution in [0.5, 0.6) is 5.75 Å². The first-order chi connectivity index (χ1) is 9.63. The summed E-state index contributed by atoms with van der Waals surface area (Å²) in [5, 5.41) is 9.21. The normalized spacial score (nSPS) is 10.1. The van der Waals surface area contributed by atoms with Gasteiger partial charge in [0.05, 0.1) is 16.7 Å². The molecule has 102 valence electrons. The van der Waals surface area contributed by atoms with Gasteiger partial charge in [0.25, 0.3) is 0 Å². The zero-order valence-corrected chi connectivity index (χ0v) is 11.3. The molecule has 0 heterocycles. The Kier molecular flexibility index (Phi) is 4.57. The van der Waals surface area contributed by atoms with Crippen molar-refractivity contribution in [2.24, 2.45) is 5.73 Å². The zero-order valence-electron chi connectivity index (χ0n) is 10.6. The number of hydrogen-bond donors (Lipinski definition) is 1. The van der Waals surface area contributed by atoms with E-state index in [4.69, 9.17) is 27.3 Å². The summed E-state index contributed by atoms with van der Waals surface area (Å²) in [4.78, 5) is 0. The Balaban J connectivity index is 2.15. The number of nitrogens with two attached hydrogens (primary N) is 1. The first-order valence-electron chi connectivity index (χ1n) is 5.94. The summed E-state index contributed by atoms with van der Waals surface area (Å²) in [5.74, 6) is 0.0318. The van der Waals surface area contributed by atoms with Crippen LogP contribution in [0.1, 0.15) is 16.7 Å². The van der Waals surface area contributed by atoms with E-state index in [0.717, 1.165) is 5.56 Å². The Hall–Kier alpha value is -2.09. The highest BCUT2D eigenvalue weighted by atomic mass is 35.5. The van der Waals surface area contributed by atoms with Gasteiger partial charge in [-0.25, -0.2) is 4.39 Å². The van der Waals surface area contributed by atoms with Gasteiger partial charge in [-0.05, 0) is 35.9 Å². The highest BCUT2D eigenvalue weighted by Gasteiger charge is 2.07. The second-order valence-electron chi connectivity index (χ2n) is 4.18. The molecular weight excluding hydrogens is 279 g/mol. The molecule has 0 fully saturated rings. The molecule has 0 aromatic heterocycles. The Labute approximate surface area is 121 Å². The molecule has 0 aliphatic carbocycles. The lowest BCUT2D eigenvalue weighted by atomic mass is 10.1. The van der Waals surface area contributed by atoms with Gasteiger partial charge >= 0.3 is 0 Å². The van der Waals surface area contributed by atoms with Crippen molar-refractivity contribution in [2.45, 2.75) is 13.2 Å². The number of hydrogen-bond acceptors (Lipinski definition) is 3. The van der Waals surface area contributed by atoms with Gasteiger partial charge < -0.3 is 10.5 Å². The van der Waals surface area contributed by atoms with E-state index in [1.54, 1.807) is 18.2 Å². The number of nitrogens with zero attached hydrogens (tertiary/aromatic N) is 1. The van der Waals surface area contributed by atoms with Crippen molar-refractivity contribution in [3.63, 3.8) is 0 Å². The lowest BCUT2D eigenvalue weighted by molar-refractivity contribution is 0.300. The van der Waals surface area contributed by atoms with Gasteiger partial charge in [-0.2, -0.15) is 5.26 Å². The molecule has 0 atom stereocenters. The molecule has 2 aromatic carbocycles. The SMILES string of the molecule is N#Cc1ccc(F)c(COc2ccc(CN)cc2Cl)c1. The van der Waals surface area contributed by atoms with Crippen LogP contribution in [0.2, 0.25) is 5.02 Å². The van der Waals surface area contributed by atoms with Crippen LogP contribution < -0.4 is 10.5 Å². The highest BCUT2D eigenvalue weighted by molar-refractivity contribution is 6.32. The van der Waals surface area contributed by atoms with Crippen molar-refractivity contribution < 1.29 is 9.13 Å². The molecule has 0 radical (unpaired) electrons. The summed E-state index contributed by atoms with van der Waals surface area (Å²) in [6.45, 7) is 0.391. The Morgan fingerprint density at radius 2 is 2.05 bits per heavy atom. The van der Waals surface area contributed by atoms with Gasteiger partial charge in [-0.1, -0.05) is 17.7 Å². The summed E-state index contributed by atoms with van der Waals surface area (Å²) in [6, 6.07) is 11.3. The van der Waals surface area contributed by atoms with Gasteiger partial charge in [0, 0.05) is 12.1 Å². The van der Waals surface area contributed by atoms with E-state index in [1.807, 2.05) is 6.07 Å². The quantitative estimate of drug-likeness (QED) is 0.939. The van der Waals surface area contributed by atoms with E-state index in [1.165, 1.54) is 18.2 Å². The van der Waals surface area contributed by atoms with Gasteiger partial charge in [-0.15, -0.1) is 0 Å². The molecule has 0 bridgehead atoms. The molecule has 0 aliphatic rings. The Bertz CT molecular complexity index is 667. The maximum absolute atomic E-state index is 13.6. The predicted molar refractivity (Wildman–Crippen MR) is 74.8 cm³/mol. The topological polar surface area (TPSA) is 59.0 Å². The fourth-order valence-electron chi connectivity index (χ4n) is 1.70. The second kappa shape index (κ2) is 6.38. The molecule has 20 heavy (non-hydrogen) atoms. The molecule has 5 heteroatoms. The lowest BCUT2D eigenvalue weighted by Gasteiger charge is -2.10. The largest absolute Gasteiger partial charge is 0.487 e. The second-order valence-corrected chi connectivity index (χ2v) is 4.58. The van der Waals surface area contributed by atoms with Crippen molar-refractivity contribution in [1.82, 2.24) is 0 Å².